The summed E-state index contributed by atoms with van der Waals surface area (Å²) < 4.78 is 0. The van der Waals surface area contributed by atoms with E-state index in [2.05, 4.69) is 28.8 Å². The molecule has 0 aromatic heterocycles. The number of carbonyl (C=O) groups is 1. The highest BCUT2D eigenvalue weighted by Crippen LogP contribution is 2.08. The number of carbonyl (C=O) groups excluding carboxylic acids is 1. The molecule has 0 saturated heterocycles. The number of hydrogen-bond donors (Lipinski definition) is 3. The molecule has 4 nitrogen and oxygen atoms in total. The van der Waals surface area contributed by atoms with Gasteiger partial charge in [-0.3, -0.25) is 0 Å². The summed E-state index contributed by atoms with van der Waals surface area (Å²) in [6.45, 7) is 5.62. The first-order valence-electron chi connectivity index (χ1n) is 6.05. The van der Waals surface area contributed by atoms with Crippen molar-refractivity contribution in [3.05, 3.63) is 47.0 Å². The lowest BCUT2D eigenvalue weighted by Crippen LogP contribution is -2.35. The summed E-state index contributed by atoms with van der Waals surface area (Å²) in [5, 5.41) is 5.54. The Balaban J connectivity index is 2.35. The van der Waals surface area contributed by atoms with Gasteiger partial charge in [0.25, 0.3) is 0 Å². The molecule has 0 spiro atoms. The molecule has 98 valence electrons. The van der Waals surface area contributed by atoms with E-state index in [-0.39, 0.29) is 6.03 Å². The van der Waals surface area contributed by atoms with Gasteiger partial charge in [0, 0.05) is 19.6 Å². The highest BCUT2D eigenvalue weighted by Gasteiger charge is 1.99. The third-order valence-electron chi connectivity index (χ3n) is 2.42. The quantitative estimate of drug-likeness (QED) is 0.692. The third kappa shape index (κ3) is 5.50. The number of amides is 2. The van der Waals surface area contributed by atoms with E-state index >= 15 is 0 Å². The highest BCUT2D eigenvalue weighted by atomic mass is 16.2. The Morgan fingerprint density at radius 1 is 1.17 bits per heavy atom. The van der Waals surface area contributed by atoms with Gasteiger partial charge in [-0.15, -0.1) is 0 Å². The molecule has 1 aromatic carbocycles. The van der Waals surface area contributed by atoms with E-state index < -0.39 is 0 Å². The number of nitrogens with two attached hydrogens (primary N) is 1. The van der Waals surface area contributed by atoms with Gasteiger partial charge in [-0.1, -0.05) is 41.5 Å². The van der Waals surface area contributed by atoms with Crippen LogP contribution in [0.1, 0.15) is 16.7 Å². The van der Waals surface area contributed by atoms with Crippen LogP contribution < -0.4 is 16.4 Å². The Morgan fingerprint density at radius 3 is 2.44 bits per heavy atom. The summed E-state index contributed by atoms with van der Waals surface area (Å²) >= 11 is 0. The van der Waals surface area contributed by atoms with E-state index in [0.717, 1.165) is 5.56 Å². The predicted octanol–water partition coefficient (Wildman–Crippen LogP) is 1.62. The molecule has 0 fully saturated rings. The second-order valence-corrected chi connectivity index (χ2v) is 4.27. The van der Waals surface area contributed by atoms with Crippen LogP contribution in [0.2, 0.25) is 0 Å². The summed E-state index contributed by atoms with van der Waals surface area (Å²) in [5.41, 5.74) is 8.82. The molecule has 4 N–H and O–H groups in total. The molecule has 0 atom stereocenters. The molecule has 4 heteroatoms. The van der Waals surface area contributed by atoms with Crippen molar-refractivity contribution in [2.75, 3.05) is 13.1 Å². The molecular formula is C14H21N3O. The molecule has 0 unspecified atom stereocenters. The van der Waals surface area contributed by atoms with Crippen LogP contribution in [0, 0.1) is 13.8 Å². The zero-order chi connectivity index (χ0) is 13.4. The van der Waals surface area contributed by atoms with Gasteiger partial charge >= 0.3 is 6.03 Å². The Kier molecular flexibility index (Phi) is 5.94. The van der Waals surface area contributed by atoms with Crippen LogP contribution in [0.25, 0.3) is 0 Å². The molecule has 0 heterocycles. The molecular weight excluding hydrogens is 226 g/mol. The topological polar surface area (TPSA) is 67.2 Å². The Bertz CT molecular complexity index is 407. The molecule has 1 aromatic rings. The fraction of sp³-hybridized carbons (Fsp3) is 0.357. The molecule has 18 heavy (non-hydrogen) atoms. The Labute approximate surface area is 108 Å². The summed E-state index contributed by atoms with van der Waals surface area (Å²) in [4.78, 5) is 11.5. The van der Waals surface area contributed by atoms with Crippen LogP contribution in [-0.2, 0) is 6.54 Å². The number of hydrogen-bond acceptors (Lipinski definition) is 2. The lowest BCUT2D eigenvalue weighted by Gasteiger charge is -2.08. The van der Waals surface area contributed by atoms with Gasteiger partial charge in [0.05, 0.1) is 0 Å². The number of benzene rings is 1. The van der Waals surface area contributed by atoms with E-state index in [0.29, 0.717) is 19.6 Å². The monoisotopic (exact) mass is 247 g/mol. The first-order valence-corrected chi connectivity index (χ1v) is 6.05. The van der Waals surface area contributed by atoms with Gasteiger partial charge in [-0.25, -0.2) is 4.79 Å². The van der Waals surface area contributed by atoms with Gasteiger partial charge in [0.1, 0.15) is 0 Å². The van der Waals surface area contributed by atoms with Crippen molar-refractivity contribution in [3.8, 4) is 0 Å². The van der Waals surface area contributed by atoms with Crippen molar-refractivity contribution < 1.29 is 4.79 Å². The standard InChI is InChI=1S/C14H21N3O/c1-11-7-12(2)9-13(8-11)10-17-14(18)16-6-4-3-5-15/h3-4,7-9H,5-6,10,15H2,1-2H3,(H2,16,17,18)/b4-3+. The lowest BCUT2D eigenvalue weighted by molar-refractivity contribution is 0.241. The predicted molar refractivity (Wildman–Crippen MR) is 74.3 cm³/mol. The molecule has 0 saturated carbocycles. The van der Waals surface area contributed by atoms with Crippen LogP contribution in [0.3, 0.4) is 0 Å². The maximum absolute atomic E-state index is 11.5. The summed E-state index contributed by atoms with van der Waals surface area (Å²) in [5.74, 6) is 0. The van der Waals surface area contributed by atoms with Crippen molar-refractivity contribution >= 4 is 6.03 Å². The van der Waals surface area contributed by atoms with Crippen molar-refractivity contribution in [1.29, 1.82) is 0 Å². The van der Waals surface area contributed by atoms with E-state index in [9.17, 15) is 4.79 Å². The fourth-order valence-corrected chi connectivity index (χ4v) is 1.75. The smallest absolute Gasteiger partial charge is 0.315 e. The van der Waals surface area contributed by atoms with Crippen molar-refractivity contribution in [1.82, 2.24) is 10.6 Å². The number of urea groups is 1. The van der Waals surface area contributed by atoms with Crippen LogP contribution in [0.5, 0.6) is 0 Å². The minimum absolute atomic E-state index is 0.171. The first kappa shape index (κ1) is 14.3. The normalized spacial score (nSPS) is 10.6. The number of aryl methyl sites for hydroxylation is 2. The van der Waals surface area contributed by atoms with Crippen LogP contribution in [0.4, 0.5) is 4.79 Å². The van der Waals surface area contributed by atoms with Gasteiger partial charge in [0.2, 0.25) is 0 Å². The molecule has 2 amide bonds. The second-order valence-electron chi connectivity index (χ2n) is 4.27. The Hall–Kier alpha value is -1.81. The maximum Gasteiger partial charge on any atom is 0.315 e. The minimum atomic E-state index is -0.171. The largest absolute Gasteiger partial charge is 0.335 e. The average molecular weight is 247 g/mol. The minimum Gasteiger partial charge on any atom is -0.335 e. The van der Waals surface area contributed by atoms with Crippen LogP contribution >= 0.6 is 0 Å². The van der Waals surface area contributed by atoms with Gasteiger partial charge in [-0.2, -0.15) is 0 Å². The lowest BCUT2D eigenvalue weighted by atomic mass is 10.1. The summed E-state index contributed by atoms with van der Waals surface area (Å²) in [6.07, 6.45) is 3.64. The number of rotatable bonds is 5. The van der Waals surface area contributed by atoms with E-state index in [1.807, 2.05) is 26.0 Å². The van der Waals surface area contributed by atoms with Gasteiger partial charge < -0.3 is 16.4 Å². The maximum atomic E-state index is 11.5. The molecule has 0 radical (unpaired) electrons. The van der Waals surface area contributed by atoms with Crippen molar-refractivity contribution in [3.63, 3.8) is 0 Å². The highest BCUT2D eigenvalue weighted by molar-refractivity contribution is 5.73. The van der Waals surface area contributed by atoms with Gasteiger partial charge in [-0.05, 0) is 19.4 Å². The molecule has 0 bridgehead atoms. The van der Waals surface area contributed by atoms with Gasteiger partial charge in [0.15, 0.2) is 0 Å². The molecule has 1 rings (SSSR count). The number of nitrogens with one attached hydrogen (secondary N) is 2. The van der Waals surface area contributed by atoms with E-state index in [1.165, 1.54) is 11.1 Å². The zero-order valence-corrected chi connectivity index (χ0v) is 11.0. The van der Waals surface area contributed by atoms with Crippen LogP contribution in [0.15, 0.2) is 30.4 Å². The van der Waals surface area contributed by atoms with Crippen molar-refractivity contribution in [2.24, 2.45) is 5.73 Å². The third-order valence-corrected chi connectivity index (χ3v) is 2.42. The summed E-state index contributed by atoms with van der Waals surface area (Å²) in [7, 11) is 0. The SMILES string of the molecule is Cc1cc(C)cc(CNC(=O)NC/C=C/CN)c1. The van der Waals surface area contributed by atoms with E-state index in [1.54, 1.807) is 0 Å². The summed E-state index contributed by atoms with van der Waals surface area (Å²) in [6, 6.07) is 6.08. The van der Waals surface area contributed by atoms with Crippen molar-refractivity contribution in [2.45, 2.75) is 20.4 Å². The average Bonchev–Trinajstić information content (AvgIpc) is 2.31. The molecule has 0 aliphatic carbocycles. The zero-order valence-electron chi connectivity index (χ0n) is 11.0. The molecule has 0 aliphatic rings. The Morgan fingerprint density at radius 2 is 1.83 bits per heavy atom. The van der Waals surface area contributed by atoms with E-state index in [4.69, 9.17) is 5.73 Å². The second kappa shape index (κ2) is 7.50. The first-order chi connectivity index (χ1) is 8.61. The fourth-order valence-electron chi connectivity index (χ4n) is 1.75. The van der Waals surface area contributed by atoms with Crippen LogP contribution in [-0.4, -0.2) is 19.1 Å². The molecule has 0 aliphatic heterocycles.